The van der Waals surface area contributed by atoms with Crippen molar-refractivity contribution in [1.82, 2.24) is 0 Å². The molecule has 23 valence electrons. The van der Waals surface area contributed by atoms with Crippen LogP contribution in [-0.2, 0) is 0 Å². The topological polar surface area (TPSA) is 0 Å². The quantitative estimate of drug-likeness (QED) is 0.392. The number of hydrogen-bond acceptors (Lipinski definition) is 0. The summed E-state index contributed by atoms with van der Waals surface area (Å²) in [6.07, 6.45) is 6.50. The van der Waals surface area contributed by atoms with Crippen LogP contribution in [0.15, 0.2) is 0 Å². The summed E-state index contributed by atoms with van der Waals surface area (Å²) < 4.78 is 0. The lowest BCUT2D eigenvalue weighted by Crippen LogP contribution is -1.87. The molecule has 1 fully saturated rings. The van der Waals surface area contributed by atoms with Crippen LogP contribution in [0.5, 0.6) is 0 Å². The van der Waals surface area contributed by atoms with Gasteiger partial charge in [0.25, 0.3) is 0 Å². The molecule has 0 saturated heterocycles. The van der Waals surface area contributed by atoms with Gasteiger partial charge in [-0.3, -0.25) is 0 Å². The van der Waals surface area contributed by atoms with Crippen molar-refractivity contribution in [3.63, 3.8) is 0 Å². The van der Waals surface area contributed by atoms with Gasteiger partial charge >= 0.3 is 0 Å². The number of hydrogen-bond donors (Lipinski definition) is 0. The monoisotopic (exact) mass is 55.1 g/mol. The normalized spacial score (nSPS) is 24.0. The first-order valence-electron chi connectivity index (χ1n) is 1.82. The minimum absolute atomic E-state index is 1.38. The van der Waals surface area contributed by atoms with Crippen LogP contribution < -0.4 is 0 Å². The van der Waals surface area contributed by atoms with E-state index < -0.39 is 0 Å². The van der Waals surface area contributed by atoms with E-state index in [-0.39, 0.29) is 0 Å². The van der Waals surface area contributed by atoms with Crippen molar-refractivity contribution in [2.45, 2.75) is 19.3 Å². The molecule has 1 saturated carbocycles. The summed E-state index contributed by atoms with van der Waals surface area (Å²) in [5.74, 6) is 0. The van der Waals surface area contributed by atoms with Gasteiger partial charge in [-0.05, 0) is 6.42 Å². The Labute approximate surface area is 26.8 Å². The summed E-state index contributed by atoms with van der Waals surface area (Å²) in [6, 6.07) is 0. The van der Waals surface area contributed by atoms with Crippen molar-refractivity contribution in [2.24, 2.45) is 0 Å². The van der Waals surface area contributed by atoms with E-state index in [1.807, 2.05) is 0 Å². The third-order valence-corrected chi connectivity index (χ3v) is 0.816. The van der Waals surface area contributed by atoms with E-state index in [0.717, 1.165) is 0 Å². The van der Waals surface area contributed by atoms with Crippen LogP contribution in [0.4, 0.5) is 0 Å². The molecule has 0 aromatic carbocycles. The van der Waals surface area contributed by atoms with Gasteiger partial charge in [-0.2, -0.15) is 0 Å². The molecule has 0 aromatic rings. The van der Waals surface area contributed by atoms with E-state index in [2.05, 4.69) is 6.42 Å². The van der Waals surface area contributed by atoms with Crippen LogP contribution in [-0.4, -0.2) is 0 Å². The van der Waals surface area contributed by atoms with Crippen LogP contribution in [0.25, 0.3) is 0 Å². The van der Waals surface area contributed by atoms with Crippen molar-refractivity contribution in [3.8, 4) is 0 Å². The summed E-state index contributed by atoms with van der Waals surface area (Å²) in [7, 11) is 0. The highest BCUT2D eigenvalue weighted by atomic mass is 14.0. The molecule has 1 radical (unpaired) electrons. The van der Waals surface area contributed by atoms with Crippen molar-refractivity contribution in [1.29, 1.82) is 0 Å². The van der Waals surface area contributed by atoms with Gasteiger partial charge in [-0.15, -0.1) is 0 Å². The second-order valence-corrected chi connectivity index (χ2v) is 1.22. The van der Waals surface area contributed by atoms with Crippen LogP contribution in [0.1, 0.15) is 19.3 Å². The van der Waals surface area contributed by atoms with Crippen molar-refractivity contribution in [3.05, 3.63) is 6.42 Å². The lowest BCUT2D eigenvalue weighted by Gasteiger charge is -2.05. The third-order valence-electron chi connectivity index (χ3n) is 0.816. The lowest BCUT2D eigenvalue weighted by atomic mass is 10.0. The highest BCUT2D eigenvalue weighted by Crippen LogP contribution is 2.13. The Hall–Kier alpha value is 0. The van der Waals surface area contributed by atoms with Gasteiger partial charge in [0.2, 0.25) is 0 Å². The minimum Gasteiger partial charge on any atom is -0.0528 e. The Balaban J connectivity index is 2.00. The highest BCUT2D eigenvalue weighted by molar-refractivity contribution is 4.74. The number of rotatable bonds is 0. The fraction of sp³-hybridized carbons (Fsp3) is 0.750. The maximum Gasteiger partial charge on any atom is -0.0386 e. The molecular weight excluding hydrogens is 48.0 g/mol. The average Bonchev–Trinajstić information content (AvgIpc) is 0.722. The Bertz CT molecular complexity index is 8.00. The molecule has 0 bridgehead atoms. The van der Waals surface area contributed by atoms with E-state index in [9.17, 15) is 0 Å². The summed E-state index contributed by atoms with van der Waals surface area (Å²) in [5.41, 5.74) is 0. The first-order valence-corrected chi connectivity index (χ1v) is 1.82. The molecule has 0 atom stereocenters. The SMILES string of the molecule is [CH]1CCC1. The second-order valence-electron chi connectivity index (χ2n) is 1.22. The maximum atomic E-state index is 2.31. The predicted molar refractivity (Wildman–Crippen MR) is 18.2 cm³/mol. The Morgan fingerprint density at radius 1 is 1.25 bits per heavy atom. The van der Waals surface area contributed by atoms with E-state index in [1.54, 1.807) is 0 Å². The van der Waals surface area contributed by atoms with Crippen molar-refractivity contribution in [2.75, 3.05) is 0 Å². The highest BCUT2D eigenvalue weighted by Gasteiger charge is 1.95. The Kier molecular flexibility index (Phi) is 0.422. The molecular formula is C4H7. The molecule has 0 unspecified atom stereocenters. The van der Waals surface area contributed by atoms with Gasteiger partial charge in [0.05, 0.1) is 0 Å². The molecule has 1 aliphatic rings. The zero-order chi connectivity index (χ0) is 2.83. The van der Waals surface area contributed by atoms with Crippen molar-refractivity contribution >= 4 is 0 Å². The lowest BCUT2D eigenvalue weighted by molar-refractivity contribution is 0.652. The fourth-order valence-corrected chi connectivity index (χ4v) is 0.204. The standard InChI is InChI=1S/C4H7/c1-2-4-3-1/h1H,2-4H2. The largest absolute Gasteiger partial charge is 0.0528 e. The minimum atomic E-state index is 1.38. The molecule has 0 heteroatoms. The molecule has 0 N–H and O–H groups in total. The molecule has 0 spiro atoms. The van der Waals surface area contributed by atoms with E-state index in [1.165, 1.54) is 19.3 Å². The summed E-state index contributed by atoms with van der Waals surface area (Å²) in [6.45, 7) is 0. The summed E-state index contributed by atoms with van der Waals surface area (Å²) >= 11 is 0. The van der Waals surface area contributed by atoms with Crippen LogP contribution in [0, 0.1) is 6.42 Å². The third kappa shape index (κ3) is 0.125. The Morgan fingerprint density at radius 2 is 1.50 bits per heavy atom. The summed E-state index contributed by atoms with van der Waals surface area (Å²) in [5, 5.41) is 0. The molecule has 1 rings (SSSR count). The molecule has 0 aliphatic heterocycles. The molecule has 0 nitrogen and oxygen atoms in total. The van der Waals surface area contributed by atoms with Crippen LogP contribution in [0.3, 0.4) is 0 Å². The van der Waals surface area contributed by atoms with Gasteiger partial charge in [0, 0.05) is 0 Å². The average molecular weight is 55.1 g/mol. The summed E-state index contributed by atoms with van der Waals surface area (Å²) in [4.78, 5) is 0. The van der Waals surface area contributed by atoms with Gasteiger partial charge < -0.3 is 0 Å². The van der Waals surface area contributed by atoms with Gasteiger partial charge in [0.15, 0.2) is 0 Å². The van der Waals surface area contributed by atoms with E-state index >= 15 is 0 Å². The molecule has 0 aromatic heterocycles. The molecule has 4 heavy (non-hydrogen) atoms. The molecule has 0 amide bonds. The zero-order valence-corrected chi connectivity index (χ0v) is 2.70. The first-order chi connectivity index (χ1) is 2.00. The first kappa shape index (κ1) is 2.25. The maximum absolute atomic E-state index is 2.31. The van der Waals surface area contributed by atoms with E-state index in [4.69, 9.17) is 0 Å². The van der Waals surface area contributed by atoms with Gasteiger partial charge in [-0.1, -0.05) is 19.3 Å². The van der Waals surface area contributed by atoms with Crippen LogP contribution >= 0.6 is 0 Å². The molecule has 1 aliphatic carbocycles. The van der Waals surface area contributed by atoms with E-state index in [0.29, 0.717) is 0 Å². The van der Waals surface area contributed by atoms with Crippen molar-refractivity contribution < 1.29 is 0 Å². The second kappa shape index (κ2) is 0.750. The van der Waals surface area contributed by atoms with Gasteiger partial charge in [0.1, 0.15) is 0 Å². The molecule has 0 heterocycles. The van der Waals surface area contributed by atoms with Gasteiger partial charge in [-0.25, -0.2) is 0 Å². The predicted octanol–water partition coefficient (Wildman–Crippen LogP) is 1.37. The zero-order valence-electron chi connectivity index (χ0n) is 2.70. The Morgan fingerprint density at radius 3 is 1.50 bits per heavy atom. The fourth-order valence-electron chi connectivity index (χ4n) is 0.204. The smallest absolute Gasteiger partial charge is 0.0386 e. The van der Waals surface area contributed by atoms with Crippen LogP contribution in [0.2, 0.25) is 0 Å².